The zero-order valence-electron chi connectivity index (χ0n) is 10.5. The van der Waals surface area contributed by atoms with Gasteiger partial charge in [-0.05, 0) is 37.4 Å². The van der Waals surface area contributed by atoms with Crippen molar-refractivity contribution in [3.63, 3.8) is 0 Å². The number of nitrogens with two attached hydrogens (primary N) is 1. The van der Waals surface area contributed by atoms with Gasteiger partial charge in [0.25, 0.3) is 0 Å². The van der Waals surface area contributed by atoms with Crippen LogP contribution in [0.1, 0.15) is 36.7 Å². The normalized spacial score (nSPS) is 12.2. The second-order valence-corrected chi connectivity index (χ2v) is 4.20. The van der Waals surface area contributed by atoms with Crippen molar-refractivity contribution in [2.75, 3.05) is 13.7 Å². The number of hydrogen-bond donors (Lipinski definition) is 1. The Hall–Kier alpha value is -1.42. The SMILES string of the molecule is COc1cccnc1C(=O)CCC(C)CCN. The summed E-state index contributed by atoms with van der Waals surface area (Å²) in [5, 5.41) is 0. The average molecular weight is 236 g/mol. The van der Waals surface area contributed by atoms with E-state index in [0.29, 0.717) is 30.3 Å². The second kappa shape index (κ2) is 7.01. The zero-order valence-corrected chi connectivity index (χ0v) is 10.5. The van der Waals surface area contributed by atoms with E-state index in [1.54, 1.807) is 25.4 Å². The fourth-order valence-corrected chi connectivity index (χ4v) is 1.69. The number of carbonyl (C=O) groups excluding carboxylic acids is 1. The molecule has 17 heavy (non-hydrogen) atoms. The van der Waals surface area contributed by atoms with E-state index in [2.05, 4.69) is 11.9 Å². The Morgan fingerprint density at radius 3 is 2.94 bits per heavy atom. The van der Waals surface area contributed by atoms with Crippen LogP contribution in [0, 0.1) is 5.92 Å². The predicted octanol–water partition coefficient (Wildman–Crippen LogP) is 2.04. The molecule has 0 saturated heterocycles. The van der Waals surface area contributed by atoms with E-state index >= 15 is 0 Å². The highest BCUT2D eigenvalue weighted by Crippen LogP contribution is 2.19. The molecule has 94 valence electrons. The summed E-state index contributed by atoms with van der Waals surface area (Å²) in [6.07, 6.45) is 3.90. The highest BCUT2D eigenvalue weighted by Gasteiger charge is 2.14. The molecule has 0 amide bonds. The first-order chi connectivity index (χ1) is 8.19. The summed E-state index contributed by atoms with van der Waals surface area (Å²) in [7, 11) is 1.55. The molecule has 4 nitrogen and oxygen atoms in total. The molecule has 2 N–H and O–H groups in total. The first kappa shape index (κ1) is 13.6. The molecule has 1 rings (SSSR count). The fourth-order valence-electron chi connectivity index (χ4n) is 1.69. The standard InChI is InChI=1S/C13H20N2O2/c1-10(7-8-14)5-6-11(16)13-12(17-2)4-3-9-15-13/h3-4,9-10H,5-8,14H2,1-2H3. The molecular weight excluding hydrogens is 216 g/mol. The van der Waals surface area contributed by atoms with Crippen LogP contribution in [0.2, 0.25) is 0 Å². The van der Waals surface area contributed by atoms with Crippen LogP contribution in [0.4, 0.5) is 0 Å². The minimum Gasteiger partial charge on any atom is -0.494 e. The van der Waals surface area contributed by atoms with Gasteiger partial charge in [0.1, 0.15) is 11.4 Å². The van der Waals surface area contributed by atoms with Crippen LogP contribution in [-0.4, -0.2) is 24.4 Å². The first-order valence-corrected chi connectivity index (χ1v) is 5.91. The summed E-state index contributed by atoms with van der Waals surface area (Å²) in [5.41, 5.74) is 5.90. The van der Waals surface area contributed by atoms with Crippen molar-refractivity contribution in [1.29, 1.82) is 0 Å². The average Bonchev–Trinajstić information content (AvgIpc) is 2.36. The topological polar surface area (TPSA) is 65.2 Å². The Balaban J connectivity index is 2.58. The Kier molecular flexibility index (Phi) is 5.63. The molecule has 1 aromatic rings. The summed E-state index contributed by atoms with van der Waals surface area (Å²) >= 11 is 0. The number of nitrogens with zero attached hydrogens (tertiary/aromatic N) is 1. The minimum absolute atomic E-state index is 0.0336. The van der Waals surface area contributed by atoms with Crippen LogP contribution in [0.3, 0.4) is 0 Å². The van der Waals surface area contributed by atoms with Crippen molar-refractivity contribution in [1.82, 2.24) is 4.98 Å². The molecule has 4 heteroatoms. The lowest BCUT2D eigenvalue weighted by molar-refractivity contribution is 0.0966. The smallest absolute Gasteiger partial charge is 0.184 e. The molecular formula is C13H20N2O2. The van der Waals surface area contributed by atoms with Gasteiger partial charge < -0.3 is 10.5 Å². The lowest BCUT2D eigenvalue weighted by atomic mass is 9.99. The molecule has 0 aliphatic heterocycles. The quantitative estimate of drug-likeness (QED) is 0.736. The van der Waals surface area contributed by atoms with Crippen molar-refractivity contribution in [3.8, 4) is 5.75 Å². The lowest BCUT2D eigenvalue weighted by Crippen LogP contribution is -2.09. The summed E-state index contributed by atoms with van der Waals surface area (Å²) in [6.45, 7) is 2.78. The Bertz CT molecular complexity index is 366. The number of ether oxygens (including phenoxy) is 1. The highest BCUT2D eigenvalue weighted by atomic mass is 16.5. The lowest BCUT2D eigenvalue weighted by Gasteiger charge is -2.09. The molecule has 0 aliphatic carbocycles. The van der Waals surface area contributed by atoms with Gasteiger partial charge in [0.05, 0.1) is 7.11 Å². The fraction of sp³-hybridized carbons (Fsp3) is 0.538. The third-order valence-electron chi connectivity index (χ3n) is 2.78. The van der Waals surface area contributed by atoms with Crippen molar-refractivity contribution in [2.45, 2.75) is 26.2 Å². The van der Waals surface area contributed by atoms with Crippen LogP contribution in [0.5, 0.6) is 5.75 Å². The van der Waals surface area contributed by atoms with E-state index < -0.39 is 0 Å². The zero-order chi connectivity index (χ0) is 12.7. The number of hydrogen-bond acceptors (Lipinski definition) is 4. The Labute approximate surface area is 102 Å². The third kappa shape index (κ3) is 4.15. The first-order valence-electron chi connectivity index (χ1n) is 5.91. The third-order valence-corrected chi connectivity index (χ3v) is 2.78. The second-order valence-electron chi connectivity index (χ2n) is 4.20. The Morgan fingerprint density at radius 1 is 1.53 bits per heavy atom. The van der Waals surface area contributed by atoms with Gasteiger partial charge in [-0.2, -0.15) is 0 Å². The number of ketones is 1. The maximum absolute atomic E-state index is 12.0. The van der Waals surface area contributed by atoms with Gasteiger partial charge >= 0.3 is 0 Å². The molecule has 0 saturated carbocycles. The summed E-state index contributed by atoms with van der Waals surface area (Å²) in [6, 6.07) is 3.51. The van der Waals surface area contributed by atoms with Crippen LogP contribution >= 0.6 is 0 Å². The molecule has 0 aliphatic rings. The number of pyridine rings is 1. The van der Waals surface area contributed by atoms with E-state index in [4.69, 9.17) is 10.5 Å². The van der Waals surface area contributed by atoms with Crippen LogP contribution in [0.25, 0.3) is 0 Å². The molecule has 0 aromatic carbocycles. The number of carbonyl (C=O) groups is 1. The molecule has 0 bridgehead atoms. The predicted molar refractivity (Wildman–Crippen MR) is 67.2 cm³/mol. The van der Waals surface area contributed by atoms with Crippen molar-refractivity contribution in [2.24, 2.45) is 11.7 Å². The number of methoxy groups -OCH3 is 1. The van der Waals surface area contributed by atoms with Crippen molar-refractivity contribution in [3.05, 3.63) is 24.0 Å². The summed E-state index contributed by atoms with van der Waals surface area (Å²) < 4.78 is 5.12. The largest absolute Gasteiger partial charge is 0.494 e. The van der Waals surface area contributed by atoms with Gasteiger partial charge in [0.2, 0.25) is 0 Å². The number of aromatic nitrogens is 1. The maximum atomic E-state index is 12.0. The highest BCUT2D eigenvalue weighted by molar-refractivity contribution is 5.96. The molecule has 0 fully saturated rings. The van der Waals surface area contributed by atoms with Crippen molar-refractivity contribution >= 4 is 5.78 Å². The molecule has 1 unspecified atom stereocenters. The van der Waals surface area contributed by atoms with Gasteiger partial charge in [0, 0.05) is 12.6 Å². The van der Waals surface area contributed by atoms with Gasteiger partial charge in [0.15, 0.2) is 5.78 Å². The van der Waals surface area contributed by atoms with Gasteiger partial charge in [-0.3, -0.25) is 4.79 Å². The van der Waals surface area contributed by atoms with E-state index in [9.17, 15) is 4.79 Å². The number of rotatable bonds is 7. The molecule has 0 spiro atoms. The Morgan fingerprint density at radius 2 is 2.29 bits per heavy atom. The summed E-state index contributed by atoms with van der Waals surface area (Å²) in [5.74, 6) is 1.05. The van der Waals surface area contributed by atoms with Gasteiger partial charge in [-0.1, -0.05) is 6.92 Å². The van der Waals surface area contributed by atoms with Crippen molar-refractivity contribution < 1.29 is 9.53 Å². The monoisotopic (exact) mass is 236 g/mol. The van der Waals surface area contributed by atoms with Crippen LogP contribution < -0.4 is 10.5 Å². The van der Waals surface area contributed by atoms with Gasteiger partial charge in [-0.25, -0.2) is 4.98 Å². The molecule has 1 heterocycles. The molecule has 1 aromatic heterocycles. The minimum atomic E-state index is 0.0336. The van der Waals surface area contributed by atoms with E-state index in [1.807, 2.05) is 0 Å². The summed E-state index contributed by atoms with van der Waals surface area (Å²) in [4.78, 5) is 16.0. The van der Waals surface area contributed by atoms with Crippen LogP contribution in [-0.2, 0) is 0 Å². The maximum Gasteiger partial charge on any atom is 0.184 e. The van der Waals surface area contributed by atoms with Gasteiger partial charge in [-0.15, -0.1) is 0 Å². The number of Topliss-reactive ketones (excluding diaryl/α,β-unsaturated/α-hetero) is 1. The van der Waals surface area contributed by atoms with E-state index in [-0.39, 0.29) is 5.78 Å². The molecule has 0 radical (unpaired) electrons. The van der Waals surface area contributed by atoms with E-state index in [1.165, 1.54) is 0 Å². The van der Waals surface area contributed by atoms with E-state index in [0.717, 1.165) is 12.8 Å². The molecule has 1 atom stereocenters. The van der Waals surface area contributed by atoms with Crippen LogP contribution in [0.15, 0.2) is 18.3 Å².